The summed E-state index contributed by atoms with van der Waals surface area (Å²) in [7, 11) is 1.03. The van der Waals surface area contributed by atoms with Gasteiger partial charge in [0.2, 0.25) is 0 Å². The predicted molar refractivity (Wildman–Crippen MR) is 175 cm³/mol. The highest BCUT2D eigenvalue weighted by Crippen LogP contribution is 2.39. The van der Waals surface area contributed by atoms with E-state index in [1.165, 1.54) is 16.7 Å². The lowest BCUT2D eigenvalue weighted by Crippen LogP contribution is -2.67. The van der Waals surface area contributed by atoms with Gasteiger partial charge in [-0.25, -0.2) is 19.9 Å². The summed E-state index contributed by atoms with van der Waals surface area (Å²) in [5, 5.41) is 2.27. The van der Waals surface area contributed by atoms with Crippen LogP contribution in [0.15, 0.2) is 78.3 Å². The standard InChI is InChI=1S/C33H44N6O4Si/c1-8-40-24(2)42-27-19-29(39-23-36-30-31(37-22-38(6)7)34-21-35-32(30)39)43-28(27)20-41-44(33(3,4)5,25-15-11-9-12-16-25)26-17-13-10-14-18-26/h9-18,21-24,27-29H,8,19-20H2,1-7H3/b37-22+/t24?,27?,28-,29-/m1/s1. The molecule has 1 fully saturated rings. The van der Waals surface area contributed by atoms with Gasteiger partial charge < -0.3 is 23.5 Å². The quantitative estimate of drug-likeness (QED) is 0.0980. The van der Waals surface area contributed by atoms with Crippen LogP contribution in [0.25, 0.3) is 11.2 Å². The predicted octanol–water partition coefficient (Wildman–Crippen LogP) is 4.68. The third kappa shape index (κ3) is 6.62. The van der Waals surface area contributed by atoms with Crippen LogP contribution in [0.4, 0.5) is 5.82 Å². The van der Waals surface area contributed by atoms with Gasteiger partial charge in [-0.3, -0.25) is 4.57 Å². The molecule has 2 aromatic heterocycles. The van der Waals surface area contributed by atoms with E-state index in [4.69, 9.17) is 18.6 Å². The first kappa shape index (κ1) is 31.9. The second-order valence-electron chi connectivity index (χ2n) is 12.3. The highest BCUT2D eigenvalue weighted by molar-refractivity contribution is 6.99. The van der Waals surface area contributed by atoms with Crippen LogP contribution >= 0.6 is 0 Å². The SMILES string of the molecule is CCOC(C)OC1C[C@H](n2cnc3c(/N=C/N(C)C)ncnc32)O[C@@H]1CO[Si](c1ccccc1)(c1ccccc1)C(C)(C)C. The molecule has 5 rings (SSSR count). The summed E-state index contributed by atoms with van der Waals surface area (Å²) in [5.41, 5.74) is 1.27. The minimum absolute atomic E-state index is 0.163. The van der Waals surface area contributed by atoms with E-state index < -0.39 is 14.6 Å². The van der Waals surface area contributed by atoms with Crippen molar-refractivity contribution in [3.8, 4) is 0 Å². The minimum Gasteiger partial charge on any atom is -0.405 e. The van der Waals surface area contributed by atoms with Crippen LogP contribution < -0.4 is 10.4 Å². The second-order valence-corrected chi connectivity index (χ2v) is 16.6. The molecule has 0 radical (unpaired) electrons. The Morgan fingerprint density at radius 2 is 1.70 bits per heavy atom. The van der Waals surface area contributed by atoms with Crippen LogP contribution in [-0.2, 0) is 18.6 Å². The van der Waals surface area contributed by atoms with Gasteiger partial charge in [-0.15, -0.1) is 0 Å². The second kappa shape index (κ2) is 13.7. The lowest BCUT2D eigenvalue weighted by atomic mass is 10.2. The van der Waals surface area contributed by atoms with E-state index in [-0.39, 0.29) is 23.5 Å². The molecule has 0 bridgehead atoms. The van der Waals surface area contributed by atoms with E-state index in [0.29, 0.717) is 36.6 Å². The van der Waals surface area contributed by atoms with Crippen molar-refractivity contribution in [2.45, 2.75) is 70.8 Å². The Hall–Kier alpha value is -3.48. The van der Waals surface area contributed by atoms with E-state index >= 15 is 0 Å². The fraction of sp³-hybridized carbons (Fsp3) is 0.455. The van der Waals surface area contributed by atoms with Crippen LogP contribution in [0.3, 0.4) is 0 Å². The van der Waals surface area contributed by atoms with Crippen LogP contribution in [-0.4, -0.2) is 84.9 Å². The molecule has 234 valence electrons. The summed E-state index contributed by atoms with van der Waals surface area (Å²) < 4.78 is 28.2. The van der Waals surface area contributed by atoms with Crippen molar-refractivity contribution in [1.29, 1.82) is 0 Å². The molecule has 3 heterocycles. The lowest BCUT2D eigenvalue weighted by molar-refractivity contribution is -0.172. The number of aromatic nitrogens is 4. The topological polar surface area (TPSA) is 96.1 Å². The number of rotatable bonds is 12. The lowest BCUT2D eigenvalue weighted by Gasteiger charge is -2.43. The van der Waals surface area contributed by atoms with Gasteiger partial charge in [0.15, 0.2) is 23.3 Å². The molecular weight excluding hydrogens is 572 g/mol. The van der Waals surface area contributed by atoms with Crippen LogP contribution in [0.2, 0.25) is 5.04 Å². The summed E-state index contributed by atoms with van der Waals surface area (Å²) >= 11 is 0. The molecule has 2 aromatic carbocycles. The summed E-state index contributed by atoms with van der Waals surface area (Å²) in [6, 6.07) is 21.3. The van der Waals surface area contributed by atoms with Gasteiger partial charge in [0.05, 0.1) is 25.4 Å². The van der Waals surface area contributed by atoms with Gasteiger partial charge in [-0.1, -0.05) is 81.4 Å². The largest absolute Gasteiger partial charge is 0.405 e. The smallest absolute Gasteiger partial charge is 0.261 e. The number of nitrogens with zero attached hydrogens (tertiary/aromatic N) is 6. The Balaban J connectivity index is 1.48. The van der Waals surface area contributed by atoms with E-state index in [1.54, 1.807) is 12.7 Å². The highest BCUT2D eigenvalue weighted by Gasteiger charge is 2.51. The van der Waals surface area contributed by atoms with Gasteiger partial charge in [0.25, 0.3) is 8.32 Å². The zero-order valence-corrected chi connectivity index (χ0v) is 27.8. The Labute approximate surface area is 261 Å². The number of ether oxygens (including phenoxy) is 3. The highest BCUT2D eigenvalue weighted by atomic mass is 28.4. The monoisotopic (exact) mass is 616 g/mol. The number of hydrogen-bond donors (Lipinski definition) is 0. The van der Waals surface area contributed by atoms with E-state index in [9.17, 15) is 0 Å². The molecule has 1 aliphatic heterocycles. The van der Waals surface area contributed by atoms with Crippen molar-refractivity contribution >= 4 is 42.0 Å². The van der Waals surface area contributed by atoms with Gasteiger partial charge >= 0.3 is 0 Å². The number of benzene rings is 2. The average Bonchev–Trinajstić information content (AvgIpc) is 3.61. The van der Waals surface area contributed by atoms with Crippen molar-refractivity contribution in [3.63, 3.8) is 0 Å². The third-order valence-corrected chi connectivity index (χ3v) is 12.9. The third-order valence-electron chi connectivity index (χ3n) is 7.89. The van der Waals surface area contributed by atoms with Gasteiger partial charge in [0.1, 0.15) is 18.7 Å². The number of imidazole rings is 1. The first-order valence-corrected chi connectivity index (χ1v) is 17.1. The maximum Gasteiger partial charge on any atom is 0.261 e. The Morgan fingerprint density at radius 1 is 1.05 bits per heavy atom. The summed E-state index contributed by atoms with van der Waals surface area (Å²) in [6.45, 7) is 11.6. The Morgan fingerprint density at radius 3 is 2.30 bits per heavy atom. The van der Waals surface area contributed by atoms with E-state index in [1.807, 2.05) is 37.4 Å². The van der Waals surface area contributed by atoms with Crippen LogP contribution in [0.1, 0.15) is 47.3 Å². The van der Waals surface area contributed by atoms with Crippen molar-refractivity contribution in [3.05, 3.63) is 73.3 Å². The summed E-state index contributed by atoms with van der Waals surface area (Å²) in [4.78, 5) is 19.8. The molecular formula is C33H44N6O4Si. The van der Waals surface area contributed by atoms with E-state index in [2.05, 4.69) is 101 Å². The number of aliphatic imine (C=N–C) groups is 1. The van der Waals surface area contributed by atoms with Crippen molar-refractivity contribution in [2.75, 3.05) is 27.3 Å². The molecule has 0 amide bonds. The summed E-state index contributed by atoms with van der Waals surface area (Å²) in [5.74, 6) is 0.504. The molecule has 0 spiro atoms. The van der Waals surface area contributed by atoms with Crippen molar-refractivity contribution < 1.29 is 18.6 Å². The fourth-order valence-electron chi connectivity index (χ4n) is 5.97. The summed E-state index contributed by atoms with van der Waals surface area (Å²) in [6.07, 6.45) is 4.14. The van der Waals surface area contributed by atoms with Crippen molar-refractivity contribution in [1.82, 2.24) is 24.4 Å². The molecule has 4 atom stereocenters. The zero-order valence-electron chi connectivity index (χ0n) is 26.8. The van der Waals surface area contributed by atoms with Crippen LogP contribution in [0, 0.1) is 0 Å². The van der Waals surface area contributed by atoms with Crippen LogP contribution in [0.5, 0.6) is 0 Å². The fourth-order valence-corrected chi connectivity index (χ4v) is 10.5. The molecule has 11 heteroatoms. The molecule has 2 unspecified atom stereocenters. The Bertz CT molecular complexity index is 1490. The first-order chi connectivity index (χ1) is 21.1. The molecule has 0 N–H and O–H groups in total. The molecule has 1 saturated heterocycles. The van der Waals surface area contributed by atoms with Gasteiger partial charge in [-0.05, 0) is 29.3 Å². The zero-order chi connectivity index (χ0) is 31.3. The molecule has 44 heavy (non-hydrogen) atoms. The molecule has 0 saturated carbocycles. The minimum atomic E-state index is -2.79. The Kier molecular flexibility index (Phi) is 9.91. The molecule has 4 aromatic rings. The molecule has 10 nitrogen and oxygen atoms in total. The maximum absolute atomic E-state index is 7.27. The van der Waals surface area contributed by atoms with Gasteiger partial charge in [-0.2, -0.15) is 0 Å². The average molecular weight is 617 g/mol. The van der Waals surface area contributed by atoms with E-state index in [0.717, 1.165) is 0 Å². The number of fused-ring (bicyclic) bond motifs is 1. The van der Waals surface area contributed by atoms with Gasteiger partial charge in [0, 0.05) is 27.1 Å². The molecule has 0 aliphatic carbocycles. The first-order valence-electron chi connectivity index (χ1n) is 15.2. The normalized spacial score (nSPS) is 20.0. The maximum atomic E-state index is 7.27. The van der Waals surface area contributed by atoms with Crippen molar-refractivity contribution in [2.24, 2.45) is 4.99 Å². The molecule has 1 aliphatic rings. The number of hydrogen-bond acceptors (Lipinski definition) is 8.